The summed E-state index contributed by atoms with van der Waals surface area (Å²) in [6.07, 6.45) is 9.19. The van der Waals surface area contributed by atoms with Gasteiger partial charge < -0.3 is 16.2 Å². The number of amidine groups is 1. The number of aromatic nitrogens is 8. The molecule has 1 amide bonds. The van der Waals surface area contributed by atoms with Crippen LogP contribution >= 0.6 is 53.7 Å². The van der Waals surface area contributed by atoms with Gasteiger partial charge >= 0.3 is 45.0 Å². The fourth-order valence-electron chi connectivity index (χ4n) is 11.4. The number of carbonyl (C=O) groups is 2. The minimum atomic E-state index is -10.7. The SMILES string of the molecule is CCN(C(C)C)C(C)C.CCc1cccc(CC)c1-n1c(C)c(C(=O)NC2CC2)cc(-c2nc(-c3ccc(Cl)cc3)cs2)c1=O.CCc1cccc(CC)c1-n1c(C)c(C(=O)O)cc(-c2nc(-c3ccc(Cl)cc3)cs2)c1=O.CN(C)C(On1nnc2cccnc21)=[N+](C)C.F[P-](F)(F)(F)(F)F.NC1CC1. The Morgan fingerprint density at radius 1 is 0.670 bits per heavy atom. The van der Waals surface area contributed by atoms with Crippen LogP contribution in [0.25, 0.3) is 66.2 Å². The van der Waals surface area contributed by atoms with Crippen LogP contribution in [-0.4, -0.2) is 136 Å². The van der Waals surface area contributed by atoms with Crippen molar-refractivity contribution in [3.63, 3.8) is 0 Å². The molecule has 4 aromatic carbocycles. The maximum atomic E-state index is 14.1. The second-order valence-corrected chi connectivity index (χ2v) is 30.6. The van der Waals surface area contributed by atoms with Crippen molar-refractivity contribution < 1.29 is 49.3 Å². The Kier molecular flexibility index (Phi) is 28.6. The molecule has 2 fully saturated rings. The van der Waals surface area contributed by atoms with E-state index in [1.54, 1.807) is 40.5 Å². The van der Waals surface area contributed by atoms with E-state index in [0.29, 0.717) is 83.6 Å². The molecule has 30 heteroatoms. The van der Waals surface area contributed by atoms with Crippen LogP contribution < -0.4 is 27.0 Å². The van der Waals surface area contributed by atoms with Crippen molar-refractivity contribution in [1.82, 2.24) is 54.4 Å². The molecule has 0 aliphatic heterocycles. The molecule has 12 rings (SSSR count). The van der Waals surface area contributed by atoms with E-state index in [4.69, 9.17) is 38.8 Å². The number of fused-ring (bicyclic) bond motifs is 1. The van der Waals surface area contributed by atoms with Gasteiger partial charge in [0, 0.05) is 73.7 Å². The fraction of sp³-hybridized carbons (Fsp3) is 0.368. The first-order valence-electron chi connectivity index (χ1n) is 34.7. The molecule has 0 saturated heterocycles. The molecule has 0 atom stereocenters. The van der Waals surface area contributed by atoms with Crippen LogP contribution in [0.15, 0.2) is 136 Å². The third-order valence-electron chi connectivity index (χ3n) is 16.8. The van der Waals surface area contributed by atoms with Gasteiger partial charge in [0.1, 0.15) is 15.5 Å². The molecule has 2 saturated carbocycles. The van der Waals surface area contributed by atoms with Gasteiger partial charge in [-0.25, -0.2) is 29.2 Å². The number of thiazole rings is 2. The third kappa shape index (κ3) is 23.7. The van der Waals surface area contributed by atoms with E-state index in [0.717, 1.165) is 95.5 Å². The molecule has 106 heavy (non-hydrogen) atoms. The second kappa shape index (κ2) is 35.8. The predicted octanol–water partition coefficient (Wildman–Crippen LogP) is 18.1. The van der Waals surface area contributed by atoms with Crippen LogP contribution in [0.1, 0.15) is 142 Å². The molecule has 6 aromatic heterocycles. The topological polar surface area (TPSA) is 225 Å². The van der Waals surface area contributed by atoms with Crippen molar-refractivity contribution in [2.45, 2.75) is 152 Å². The van der Waals surface area contributed by atoms with E-state index in [1.807, 2.05) is 142 Å². The monoisotopic (exact) mass is 1560 g/mol. The summed E-state index contributed by atoms with van der Waals surface area (Å²) in [6.45, 7) is 24.1. The molecular formula is C76H92Cl2F6N13O6PS2. The summed E-state index contributed by atoms with van der Waals surface area (Å²) in [5, 5.41) is 27.0. The van der Waals surface area contributed by atoms with Crippen LogP contribution in [0, 0.1) is 13.8 Å². The van der Waals surface area contributed by atoms with Crippen LogP contribution in [0.2, 0.25) is 10.0 Å². The number of nitrogens with one attached hydrogen (secondary N) is 1. The number of hydrogen-bond donors (Lipinski definition) is 3. The summed E-state index contributed by atoms with van der Waals surface area (Å²) < 4.78 is 64.3. The van der Waals surface area contributed by atoms with Gasteiger partial charge in [-0.1, -0.05) is 118 Å². The summed E-state index contributed by atoms with van der Waals surface area (Å²) in [7, 11) is -3.09. The normalized spacial score (nSPS) is 13.1. The van der Waals surface area contributed by atoms with Crippen molar-refractivity contribution in [3.8, 4) is 55.0 Å². The molecular weight excluding hydrogens is 1470 g/mol. The summed E-state index contributed by atoms with van der Waals surface area (Å²) in [6, 6.07) is 36.5. The molecule has 6 heterocycles. The number of benzene rings is 4. The minimum Gasteiger partial charge on any atom is -0.328 e. The Labute approximate surface area is 631 Å². The molecule has 2 aliphatic carbocycles. The first-order valence-corrected chi connectivity index (χ1v) is 39.2. The van der Waals surface area contributed by atoms with Gasteiger partial charge in [0.25, 0.3) is 17.0 Å². The second-order valence-electron chi connectivity index (χ2n) is 26.1. The summed E-state index contributed by atoms with van der Waals surface area (Å²) in [4.78, 5) is 78.2. The van der Waals surface area contributed by atoms with Gasteiger partial charge in [0.2, 0.25) is 5.65 Å². The average Bonchev–Trinajstić information content (AvgIpc) is 1.22. The molecule has 10 aromatic rings. The Hall–Kier alpha value is -8.69. The van der Waals surface area contributed by atoms with Gasteiger partial charge in [0.05, 0.1) is 73.2 Å². The quantitative estimate of drug-likeness (QED) is 0.0254. The first kappa shape index (κ1) is 84.6. The third-order valence-corrected chi connectivity index (χ3v) is 19.1. The van der Waals surface area contributed by atoms with Crippen LogP contribution in [0.3, 0.4) is 0 Å². The Bertz CT molecular complexity index is 4800. The number of aromatic carboxylic acids is 1. The van der Waals surface area contributed by atoms with Crippen molar-refractivity contribution in [3.05, 3.63) is 202 Å². The van der Waals surface area contributed by atoms with Crippen molar-refractivity contribution in [1.29, 1.82) is 0 Å². The maximum Gasteiger partial charge on any atom is 0.00399 e. The zero-order valence-electron chi connectivity index (χ0n) is 62.1. The Morgan fingerprint density at radius 2 is 1.08 bits per heavy atom. The number of carboxylic acids is 1. The smallest absolute Gasteiger partial charge is 0.00399 e. The zero-order chi connectivity index (χ0) is 78.3. The van der Waals surface area contributed by atoms with Crippen LogP contribution in [0.4, 0.5) is 25.2 Å². The Balaban J connectivity index is 0.000000203. The van der Waals surface area contributed by atoms with Gasteiger partial charge in [-0.15, -0.1) is 27.8 Å². The van der Waals surface area contributed by atoms with E-state index >= 15 is 0 Å². The number of nitrogens with two attached hydrogens (primary N) is 1. The van der Waals surface area contributed by atoms with Crippen LogP contribution in [0.5, 0.6) is 0 Å². The molecule has 2 aliphatic rings. The summed E-state index contributed by atoms with van der Waals surface area (Å²) >= 11 is 14.8. The first-order chi connectivity index (χ1) is 49.8. The van der Waals surface area contributed by atoms with Gasteiger partial charge in [-0.2, -0.15) is 0 Å². The van der Waals surface area contributed by atoms with Crippen molar-refractivity contribution in [2.75, 3.05) is 34.7 Å². The molecule has 570 valence electrons. The molecule has 0 unspecified atom stereocenters. The predicted molar refractivity (Wildman–Crippen MR) is 418 cm³/mol. The fourth-order valence-corrected chi connectivity index (χ4v) is 13.3. The Morgan fingerprint density at radius 3 is 1.42 bits per heavy atom. The number of para-hydroxylation sites is 2. The molecule has 0 bridgehead atoms. The number of carboxylic acid groups (broad SMARTS) is 1. The van der Waals surface area contributed by atoms with Gasteiger partial charge in [0.15, 0.2) is 0 Å². The number of aryl methyl sites for hydroxylation is 4. The van der Waals surface area contributed by atoms with E-state index in [-0.39, 0.29) is 34.2 Å². The zero-order valence-corrected chi connectivity index (χ0v) is 66.1. The average molecular weight is 1560 g/mol. The van der Waals surface area contributed by atoms with Crippen LogP contribution in [-0.2, 0) is 25.7 Å². The number of nitrogens with zero attached hydrogens (tertiary/aromatic N) is 11. The standard InChI is InChI=1S/C29H28ClN3O2S.C26H23ClN2O3S.C10H15N6O.C8H19N.C3H7N.F6P/c1-4-18-7-6-8-19(5-2)26(18)33-17(3)23(27(34)31-22-13-14-22)15-24(29(33)35)28-32-25(16-36-28)20-9-11-21(30)12-10-20;1-4-16-7-6-8-17(5-2)23(16)29-15(3)20(26(31)32)13-21(25(29)30)24-28-22(14-33-24)18-9-11-19(27)12-10-18;1-14(2)10(15(3)4)17-16-9-8(12-13-16)6-5-7-11-9;1-6-9(7(2)3)8(4)5;4-3-1-2-3;1-7(2,3,4,5)6/h6-12,15-16,22H,4-5,13-14H2,1-3H3,(H,31,34);6-14H,4-5H2,1-3H3,(H,31,32);5-7H,1-4H3;7-8H,6H2,1-5H3;3H,1-2,4H2;/q;;+1;;;-1. The number of pyridine rings is 3. The van der Waals surface area contributed by atoms with Gasteiger partial charge in [-0.05, 0) is 180 Å². The molecule has 4 N–H and O–H groups in total. The number of carbonyl (C=O) groups excluding carboxylic acids is 1. The molecule has 0 radical (unpaired) electrons. The van der Waals surface area contributed by atoms with Crippen molar-refractivity contribution >= 4 is 82.7 Å². The minimum absolute atomic E-state index is 0.0841. The van der Waals surface area contributed by atoms with E-state index in [1.165, 1.54) is 46.4 Å². The van der Waals surface area contributed by atoms with E-state index < -0.39 is 13.8 Å². The number of hydrogen-bond acceptors (Lipinski definition) is 14. The number of halogens is 8. The largest absolute Gasteiger partial charge is 0.328 e. The number of rotatable bonds is 17. The summed E-state index contributed by atoms with van der Waals surface area (Å²) in [5.74, 6) is -1.23. The van der Waals surface area contributed by atoms with Gasteiger partial charge in [-0.3, -0.25) is 33.3 Å². The maximum absolute atomic E-state index is 14.1. The molecule has 19 nitrogen and oxygen atoms in total. The van der Waals surface area contributed by atoms with E-state index in [2.05, 4.69) is 91.1 Å². The number of amides is 1. The summed E-state index contributed by atoms with van der Waals surface area (Å²) in [5.41, 5.74) is 17.5. The molecule has 0 spiro atoms. The van der Waals surface area contributed by atoms with Crippen molar-refractivity contribution in [2.24, 2.45) is 5.73 Å². The van der Waals surface area contributed by atoms with E-state index in [9.17, 15) is 49.5 Å².